The molecule has 1 heterocycles. The Hall–Kier alpha value is -2.36. The zero-order valence-corrected chi connectivity index (χ0v) is 8.42. The fourth-order valence-corrected chi connectivity index (χ4v) is 1.45. The molecule has 16 heavy (non-hydrogen) atoms. The number of fused-ring (bicyclic) bond motifs is 1. The highest BCUT2D eigenvalue weighted by Crippen LogP contribution is 2.17. The fourth-order valence-electron chi connectivity index (χ4n) is 1.45. The molecule has 0 fully saturated rings. The van der Waals surface area contributed by atoms with E-state index in [4.69, 9.17) is 10.8 Å². The highest BCUT2D eigenvalue weighted by atomic mass is 16.4. The van der Waals surface area contributed by atoms with Gasteiger partial charge in [0.05, 0.1) is 0 Å². The summed E-state index contributed by atoms with van der Waals surface area (Å²) in [4.78, 5) is 14.3. The van der Waals surface area contributed by atoms with E-state index in [9.17, 15) is 4.79 Å². The Bertz CT molecular complexity index is 576. The summed E-state index contributed by atoms with van der Waals surface area (Å²) in [6.07, 6.45) is 4.31. The van der Waals surface area contributed by atoms with Crippen LogP contribution < -0.4 is 5.73 Å². The van der Waals surface area contributed by atoms with Crippen molar-refractivity contribution in [3.63, 3.8) is 0 Å². The summed E-state index contributed by atoms with van der Waals surface area (Å²) >= 11 is 0. The van der Waals surface area contributed by atoms with Gasteiger partial charge in [0.2, 0.25) is 0 Å². The van der Waals surface area contributed by atoms with Gasteiger partial charge in [-0.3, -0.25) is 0 Å². The van der Waals surface area contributed by atoms with Crippen LogP contribution >= 0.6 is 0 Å². The van der Waals surface area contributed by atoms with Crippen LogP contribution in [0.1, 0.15) is 5.56 Å². The molecule has 1 aromatic carbocycles. The molecule has 3 N–H and O–H groups in total. The molecule has 0 radical (unpaired) electrons. The number of rotatable bonds is 2. The van der Waals surface area contributed by atoms with Gasteiger partial charge in [-0.25, -0.2) is 9.78 Å². The van der Waals surface area contributed by atoms with Gasteiger partial charge in [-0.2, -0.15) is 0 Å². The highest BCUT2D eigenvalue weighted by Gasteiger charge is 1.96. The third-order valence-electron chi connectivity index (χ3n) is 2.19. The molecule has 80 valence electrons. The molecule has 0 aliphatic carbocycles. The number of pyridine rings is 1. The van der Waals surface area contributed by atoms with Gasteiger partial charge in [-0.15, -0.1) is 0 Å². The van der Waals surface area contributed by atoms with Crippen molar-refractivity contribution >= 4 is 28.6 Å². The summed E-state index contributed by atoms with van der Waals surface area (Å²) in [6, 6.07) is 7.36. The number of carboxylic acids is 1. The minimum atomic E-state index is -0.962. The van der Waals surface area contributed by atoms with Crippen LogP contribution in [-0.4, -0.2) is 16.1 Å². The maximum Gasteiger partial charge on any atom is 0.328 e. The number of nitrogens with zero attached hydrogens (tertiary/aromatic N) is 1. The van der Waals surface area contributed by atoms with Crippen molar-refractivity contribution in [1.82, 2.24) is 4.98 Å². The van der Waals surface area contributed by atoms with Crippen LogP contribution in [0.25, 0.3) is 16.8 Å². The van der Waals surface area contributed by atoms with Crippen LogP contribution in [0.15, 0.2) is 36.5 Å². The highest BCUT2D eigenvalue weighted by molar-refractivity contribution is 5.89. The monoisotopic (exact) mass is 214 g/mol. The van der Waals surface area contributed by atoms with Crippen molar-refractivity contribution in [2.75, 3.05) is 5.73 Å². The van der Waals surface area contributed by atoms with Gasteiger partial charge in [0.25, 0.3) is 0 Å². The molecular weight excluding hydrogens is 204 g/mol. The Morgan fingerprint density at radius 1 is 1.31 bits per heavy atom. The minimum Gasteiger partial charge on any atom is -0.478 e. The second-order valence-electron chi connectivity index (χ2n) is 3.39. The number of aliphatic carboxylic acids is 1. The molecule has 0 bridgehead atoms. The lowest BCUT2D eigenvalue weighted by molar-refractivity contribution is -0.131. The van der Waals surface area contributed by atoms with Crippen LogP contribution in [0.2, 0.25) is 0 Å². The molecule has 4 nitrogen and oxygen atoms in total. The molecule has 0 saturated heterocycles. The third-order valence-corrected chi connectivity index (χ3v) is 2.19. The molecule has 0 atom stereocenters. The van der Waals surface area contributed by atoms with E-state index in [0.29, 0.717) is 5.82 Å². The van der Waals surface area contributed by atoms with E-state index < -0.39 is 5.97 Å². The lowest BCUT2D eigenvalue weighted by atomic mass is 10.1. The number of nitrogen functional groups attached to an aromatic ring is 1. The van der Waals surface area contributed by atoms with Crippen LogP contribution in [0.3, 0.4) is 0 Å². The first-order valence-corrected chi connectivity index (χ1v) is 4.71. The fraction of sp³-hybridized carbons (Fsp3) is 0. The average Bonchev–Trinajstić information content (AvgIpc) is 2.26. The second kappa shape index (κ2) is 4.02. The average molecular weight is 214 g/mol. The molecule has 0 saturated carbocycles. The summed E-state index contributed by atoms with van der Waals surface area (Å²) in [5, 5.41) is 10.4. The van der Waals surface area contributed by atoms with E-state index in [1.54, 1.807) is 12.3 Å². The second-order valence-corrected chi connectivity index (χ2v) is 3.39. The summed E-state index contributed by atoms with van der Waals surface area (Å²) in [6.45, 7) is 0. The number of carbonyl (C=O) groups is 1. The molecule has 0 unspecified atom stereocenters. The van der Waals surface area contributed by atoms with Gasteiger partial charge in [0, 0.05) is 17.7 Å². The van der Waals surface area contributed by atoms with Crippen molar-refractivity contribution in [3.8, 4) is 0 Å². The lowest BCUT2D eigenvalue weighted by Crippen LogP contribution is -1.89. The molecule has 0 aliphatic rings. The zero-order chi connectivity index (χ0) is 11.5. The quantitative estimate of drug-likeness (QED) is 0.749. The summed E-state index contributed by atoms with van der Waals surface area (Å²) in [5.74, 6) is -0.489. The Kier molecular flexibility index (Phi) is 2.55. The van der Waals surface area contributed by atoms with E-state index in [1.807, 2.05) is 18.2 Å². The van der Waals surface area contributed by atoms with Crippen molar-refractivity contribution < 1.29 is 9.90 Å². The van der Waals surface area contributed by atoms with Crippen molar-refractivity contribution in [1.29, 1.82) is 0 Å². The number of aromatic nitrogens is 1. The van der Waals surface area contributed by atoms with Gasteiger partial charge >= 0.3 is 5.97 Å². The standard InChI is InChI=1S/C12H10N2O2/c13-11-6-9-3-1-8(2-4-12(15)16)5-10(9)7-14-11/h1-7H,(H2,13,14)(H,15,16). The SMILES string of the molecule is Nc1cc2ccc(C=CC(=O)O)cc2cn1. The van der Waals surface area contributed by atoms with Gasteiger partial charge in [0.15, 0.2) is 0 Å². The number of anilines is 1. The van der Waals surface area contributed by atoms with Gasteiger partial charge in [0.1, 0.15) is 5.82 Å². The maximum absolute atomic E-state index is 10.4. The molecule has 2 aromatic rings. The maximum atomic E-state index is 10.4. The van der Waals surface area contributed by atoms with E-state index in [-0.39, 0.29) is 0 Å². The van der Waals surface area contributed by atoms with Crippen LogP contribution in [0.5, 0.6) is 0 Å². The van der Waals surface area contributed by atoms with Gasteiger partial charge < -0.3 is 10.8 Å². The van der Waals surface area contributed by atoms with Crippen molar-refractivity contribution in [2.24, 2.45) is 0 Å². The normalized spacial score (nSPS) is 11.0. The Labute approximate surface area is 92.0 Å². The van der Waals surface area contributed by atoms with Crippen LogP contribution in [0.4, 0.5) is 5.82 Å². The van der Waals surface area contributed by atoms with Gasteiger partial charge in [-0.05, 0) is 29.2 Å². The van der Waals surface area contributed by atoms with E-state index >= 15 is 0 Å². The molecule has 4 heteroatoms. The smallest absolute Gasteiger partial charge is 0.328 e. The first-order chi connectivity index (χ1) is 7.65. The topological polar surface area (TPSA) is 76.2 Å². The lowest BCUT2D eigenvalue weighted by Gasteiger charge is -2.00. The van der Waals surface area contributed by atoms with E-state index in [2.05, 4.69) is 4.98 Å². The largest absolute Gasteiger partial charge is 0.478 e. The van der Waals surface area contributed by atoms with Gasteiger partial charge in [-0.1, -0.05) is 12.1 Å². The zero-order valence-electron chi connectivity index (χ0n) is 8.42. The minimum absolute atomic E-state index is 0.473. The predicted octanol–water partition coefficient (Wildman–Crippen LogP) is 1.91. The van der Waals surface area contributed by atoms with Crippen LogP contribution in [-0.2, 0) is 4.79 Å². The Balaban J connectivity index is 2.44. The third kappa shape index (κ3) is 2.17. The first kappa shape index (κ1) is 10.2. The van der Waals surface area contributed by atoms with Crippen molar-refractivity contribution in [3.05, 3.63) is 42.1 Å². The van der Waals surface area contributed by atoms with E-state index in [0.717, 1.165) is 22.4 Å². The molecule has 1 aromatic heterocycles. The molecule has 0 spiro atoms. The van der Waals surface area contributed by atoms with E-state index in [1.165, 1.54) is 6.08 Å². The summed E-state index contributed by atoms with van der Waals surface area (Å²) in [7, 11) is 0. The number of nitrogens with two attached hydrogens (primary N) is 1. The molecule has 0 amide bonds. The predicted molar refractivity (Wildman–Crippen MR) is 62.8 cm³/mol. The van der Waals surface area contributed by atoms with Crippen LogP contribution in [0, 0.1) is 0 Å². The number of carboxylic acid groups (broad SMARTS) is 1. The molecule has 0 aliphatic heterocycles. The Morgan fingerprint density at radius 2 is 2.12 bits per heavy atom. The molecule has 2 rings (SSSR count). The molecular formula is C12H10N2O2. The number of hydrogen-bond donors (Lipinski definition) is 2. The first-order valence-electron chi connectivity index (χ1n) is 4.71. The summed E-state index contributed by atoms with van der Waals surface area (Å²) in [5.41, 5.74) is 6.38. The number of hydrogen-bond acceptors (Lipinski definition) is 3. The Morgan fingerprint density at radius 3 is 2.88 bits per heavy atom. The number of benzene rings is 1. The summed E-state index contributed by atoms with van der Waals surface area (Å²) < 4.78 is 0. The van der Waals surface area contributed by atoms with Crippen molar-refractivity contribution in [2.45, 2.75) is 0 Å².